The number of hydrogen-bond acceptors (Lipinski definition) is 4. The first-order valence-corrected chi connectivity index (χ1v) is 5.04. The fourth-order valence-corrected chi connectivity index (χ4v) is 1.75. The monoisotopic (exact) mass is 196 g/mol. The molecule has 0 bridgehead atoms. The Balaban J connectivity index is 2.40. The van der Waals surface area contributed by atoms with Crippen LogP contribution in [0.25, 0.3) is 0 Å². The van der Waals surface area contributed by atoms with Crippen molar-refractivity contribution in [3.05, 3.63) is 0 Å². The van der Waals surface area contributed by atoms with Crippen LogP contribution < -0.4 is 0 Å². The van der Waals surface area contributed by atoms with Gasteiger partial charge in [0.1, 0.15) is 0 Å². The fraction of sp³-hybridized carbons (Fsp3) is 0.800. The number of ether oxygens (including phenoxy) is 1. The minimum atomic E-state index is -0.116. The minimum absolute atomic E-state index is 0.0305. The first kappa shape index (κ1) is 11.0. The third-order valence-corrected chi connectivity index (χ3v) is 2.42. The lowest BCUT2D eigenvalue weighted by Crippen LogP contribution is -2.39. The lowest BCUT2D eigenvalue weighted by molar-refractivity contribution is -0.149. The Labute approximate surface area is 84.4 Å². The first-order chi connectivity index (χ1) is 6.77. The lowest BCUT2D eigenvalue weighted by Gasteiger charge is -2.29. The SMILES string of the molecule is CCOC(=O)C1CCCN(CC#N)C1. The Hall–Kier alpha value is -1.08. The van der Waals surface area contributed by atoms with E-state index < -0.39 is 0 Å². The van der Waals surface area contributed by atoms with E-state index in [1.165, 1.54) is 0 Å². The number of rotatable bonds is 3. The van der Waals surface area contributed by atoms with E-state index in [0.29, 0.717) is 19.7 Å². The van der Waals surface area contributed by atoms with Crippen molar-refractivity contribution in [3.8, 4) is 6.07 Å². The van der Waals surface area contributed by atoms with Gasteiger partial charge in [-0.2, -0.15) is 5.26 Å². The average molecular weight is 196 g/mol. The van der Waals surface area contributed by atoms with E-state index >= 15 is 0 Å². The van der Waals surface area contributed by atoms with Gasteiger partial charge in [0, 0.05) is 6.54 Å². The first-order valence-electron chi connectivity index (χ1n) is 5.04. The summed E-state index contributed by atoms with van der Waals surface area (Å²) in [6.45, 7) is 4.26. The highest BCUT2D eigenvalue weighted by Gasteiger charge is 2.26. The topological polar surface area (TPSA) is 53.3 Å². The van der Waals surface area contributed by atoms with E-state index in [0.717, 1.165) is 19.4 Å². The Morgan fingerprint density at radius 1 is 1.71 bits per heavy atom. The molecule has 1 aliphatic heterocycles. The summed E-state index contributed by atoms with van der Waals surface area (Å²) in [7, 11) is 0. The van der Waals surface area contributed by atoms with Crippen LogP contribution in [-0.4, -0.2) is 37.1 Å². The van der Waals surface area contributed by atoms with E-state index in [2.05, 4.69) is 6.07 Å². The fourth-order valence-electron chi connectivity index (χ4n) is 1.75. The molecule has 0 spiro atoms. The average Bonchev–Trinajstić information content (AvgIpc) is 2.19. The van der Waals surface area contributed by atoms with E-state index in [4.69, 9.17) is 10.00 Å². The van der Waals surface area contributed by atoms with Gasteiger partial charge in [-0.25, -0.2) is 0 Å². The molecule has 0 aliphatic carbocycles. The van der Waals surface area contributed by atoms with Crippen molar-refractivity contribution in [2.75, 3.05) is 26.2 Å². The number of carbonyl (C=O) groups excluding carboxylic acids is 1. The summed E-state index contributed by atoms with van der Waals surface area (Å²) < 4.78 is 4.96. The largest absolute Gasteiger partial charge is 0.466 e. The molecule has 1 rings (SSSR count). The molecule has 1 unspecified atom stereocenters. The number of nitriles is 1. The van der Waals surface area contributed by atoms with Crippen molar-refractivity contribution in [2.24, 2.45) is 5.92 Å². The molecule has 0 aromatic heterocycles. The molecular weight excluding hydrogens is 180 g/mol. The number of nitrogens with zero attached hydrogens (tertiary/aromatic N) is 2. The summed E-state index contributed by atoms with van der Waals surface area (Å²) in [6.07, 6.45) is 1.87. The molecule has 0 saturated carbocycles. The molecule has 0 aromatic rings. The Morgan fingerprint density at radius 2 is 2.50 bits per heavy atom. The Kier molecular flexibility index (Phi) is 4.41. The highest BCUT2D eigenvalue weighted by molar-refractivity contribution is 5.72. The van der Waals surface area contributed by atoms with Crippen LogP contribution in [0.4, 0.5) is 0 Å². The molecule has 4 heteroatoms. The van der Waals surface area contributed by atoms with Gasteiger partial charge < -0.3 is 4.74 Å². The second-order valence-corrected chi connectivity index (χ2v) is 3.48. The summed E-state index contributed by atoms with van der Waals surface area (Å²) in [5.74, 6) is -0.146. The summed E-state index contributed by atoms with van der Waals surface area (Å²) in [5.41, 5.74) is 0. The van der Waals surface area contributed by atoms with Crippen molar-refractivity contribution in [2.45, 2.75) is 19.8 Å². The van der Waals surface area contributed by atoms with Crippen molar-refractivity contribution in [3.63, 3.8) is 0 Å². The molecule has 1 atom stereocenters. The molecule has 0 radical (unpaired) electrons. The number of esters is 1. The third kappa shape index (κ3) is 3.00. The van der Waals surface area contributed by atoms with Gasteiger partial charge in [-0.15, -0.1) is 0 Å². The van der Waals surface area contributed by atoms with E-state index in [1.807, 2.05) is 11.8 Å². The normalized spacial score (nSPS) is 22.7. The zero-order valence-corrected chi connectivity index (χ0v) is 8.53. The molecule has 78 valence electrons. The van der Waals surface area contributed by atoms with Crippen molar-refractivity contribution in [1.29, 1.82) is 5.26 Å². The van der Waals surface area contributed by atoms with Crippen LogP contribution in [0.1, 0.15) is 19.8 Å². The molecule has 1 saturated heterocycles. The maximum Gasteiger partial charge on any atom is 0.310 e. The quantitative estimate of drug-likeness (QED) is 0.494. The summed E-state index contributed by atoms with van der Waals surface area (Å²) >= 11 is 0. The van der Waals surface area contributed by atoms with Crippen molar-refractivity contribution < 1.29 is 9.53 Å². The number of piperidine rings is 1. The van der Waals surface area contributed by atoms with E-state index in [-0.39, 0.29) is 11.9 Å². The number of hydrogen-bond donors (Lipinski definition) is 0. The second kappa shape index (κ2) is 5.61. The second-order valence-electron chi connectivity index (χ2n) is 3.48. The number of carbonyl (C=O) groups is 1. The molecule has 0 aromatic carbocycles. The van der Waals surface area contributed by atoms with Gasteiger partial charge in [0.05, 0.1) is 25.1 Å². The Bertz CT molecular complexity index is 235. The standard InChI is InChI=1S/C10H16N2O2/c1-2-14-10(13)9-4-3-6-12(8-9)7-5-11/h9H,2-4,6-8H2,1H3. The smallest absolute Gasteiger partial charge is 0.310 e. The van der Waals surface area contributed by atoms with E-state index in [9.17, 15) is 4.79 Å². The van der Waals surface area contributed by atoms with Crippen molar-refractivity contribution >= 4 is 5.97 Å². The van der Waals surface area contributed by atoms with Crippen LogP contribution in [0.15, 0.2) is 0 Å². The highest BCUT2D eigenvalue weighted by atomic mass is 16.5. The summed E-state index contributed by atoms with van der Waals surface area (Å²) in [5, 5.41) is 8.54. The molecule has 1 heterocycles. The zero-order valence-electron chi connectivity index (χ0n) is 8.53. The molecule has 14 heavy (non-hydrogen) atoms. The van der Waals surface area contributed by atoms with Gasteiger partial charge in [-0.1, -0.05) is 0 Å². The molecule has 0 N–H and O–H groups in total. The summed E-state index contributed by atoms with van der Waals surface area (Å²) in [6, 6.07) is 2.10. The number of likely N-dealkylation sites (tertiary alicyclic amines) is 1. The van der Waals surface area contributed by atoms with Gasteiger partial charge in [0.25, 0.3) is 0 Å². The predicted octanol–water partition coefficient (Wildman–Crippen LogP) is 0.785. The lowest BCUT2D eigenvalue weighted by atomic mass is 9.98. The molecular formula is C10H16N2O2. The van der Waals surface area contributed by atoms with Crippen LogP contribution in [0.5, 0.6) is 0 Å². The summed E-state index contributed by atoms with van der Waals surface area (Å²) in [4.78, 5) is 13.4. The van der Waals surface area contributed by atoms with Gasteiger partial charge in [-0.3, -0.25) is 9.69 Å². The van der Waals surface area contributed by atoms with Crippen LogP contribution in [0.2, 0.25) is 0 Å². The van der Waals surface area contributed by atoms with Gasteiger partial charge in [0.15, 0.2) is 0 Å². The molecule has 1 fully saturated rings. The molecule has 4 nitrogen and oxygen atoms in total. The maximum absolute atomic E-state index is 11.4. The predicted molar refractivity (Wildman–Crippen MR) is 51.4 cm³/mol. The molecule has 1 aliphatic rings. The van der Waals surface area contributed by atoms with Crippen molar-refractivity contribution in [1.82, 2.24) is 4.90 Å². The third-order valence-electron chi connectivity index (χ3n) is 2.42. The minimum Gasteiger partial charge on any atom is -0.466 e. The van der Waals surface area contributed by atoms with Crippen LogP contribution in [-0.2, 0) is 9.53 Å². The van der Waals surface area contributed by atoms with Crippen LogP contribution in [0.3, 0.4) is 0 Å². The van der Waals surface area contributed by atoms with Gasteiger partial charge >= 0.3 is 5.97 Å². The zero-order chi connectivity index (χ0) is 10.4. The van der Waals surface area contributed by atoms with Crippen LogP contribution >= 0.6 is 0 Å². The maximum atomic E-state index is 11.4. The van der Waals surface area contributed by atoms with Gasteiger partial charge in [-0.05, 0) is 26.3 Å². The van der Waals surface area contributed by atoms with E-state index in [1.54, 1.807) is 0 Å². The Morgan fingerprint density at radius 3 is 3.14 bits per heavy atom. The highest BCUT2D eigenvalue weighted by Crippen LogP contribution is 2.17. The molecule has 0 amide bonds. The van der Waals surface area contributed by atoms with Crippen LogP contribution in [0, 0.1) is 17.2 Å². The van der Waals surface area contributed by atoms with Gasteiger partial charge in [0.2, 0.25) is 0 Å².